The van der Waals surface area contributed by atoms with Gasteiger partial charge in [0.15, 0.2) is 0 Å². The number of nitrogens with zero attached hydrogens (tertiary/aromatic N) is 2. The summed E-state index contributed by atoms with van der Waals surface area (Å²) in [5.41, 5.74) is 1.04. The normalized spacial score (nSPS) is 10.2. The Morgan fingerprint density at radius 2 is 2.00 bits per heavy atom. The van der Waals surface area contributed by atoms with E-state index in [0.717, 1.165) is 0 Å². The van der Waals surface area contributed by atoms with Crippen molar-refractivity contribution in [3.05, 3.63) is 47.6 Å². The van der Waals surface area contributed by atoms with Crippen molar-refractivity contribution < 1.29 is 18.5 Å². The first-order chi connectivity index (χ1) is 9.95. The van der Waals surface area contributed by atoms with Gasteiger partial charge in [-0.1, -0.05) is 5.16 Å². The van der Waals surface area contributed by atoms with Gasteiger partial charge in [-0.25, -0.2) is 4.39 Å². The number of carbonyl (C=O) groups is 2. The van der Waals surface area contributed by atoms with Gasteiger partial charge in [0.05, 0.1) is 12.2 Å². The van der Waals surface area contributed by atoms with E-state index in [9.17, 15) is 14.0 Å². The van der Waals surface area contributed by atoms with Crippen molar-refractivity contribution in [1.29, 1.82) is 0 Å². The van der Waals surface area contributed by atoms with E-state index in [1.807, 2.05) is 0 Å². The maximum Gasteiger partial charge on any atom is 0.292 e. The number of nitrogens with one attached hydrogen (secondary N) is 1. The Labute approximate surface area is 120 Å². The highest BCUT2D eigenvalue weighted by atomic mass is 19.1. The first kappa shape index (κ1) is 14.7. The van der Waals surface area contributed by atoms with Crippen LogP contribution >= 0.6 is 0 Å². The molecule has 1 aromatic carbocycles. The van der Waals surface area contributed by atoms with Crippen LogP contribution < -0.4 is 5.32 Å². The summed E-state index contributed by atoms with van der Waals surface area (Å²) in [6, 6.07) is 6.85. The minimum atomic E-state index is -0.440. The Bertz CT molecular complexity index is 652. The second kappa shape index (κ2) is 6.17. The molecular weight excluding hydrogens is 277 g/mol. The summed E-state index contributed by atoms with van der Waals surface area (Å²) in [4.78, 5) is 25.0. The van der Waals surface area contributed by atoms with Crippen molar-refractivity contribution in [1.82, 2.24) is 10.1 Å². The predicted molar refractivity (Wildman–Crippen MR) is 73.2 cm³/mol. The topological polar surface area (TPSA) is 75.4 Å². The summed E-state index contributed by atoms with van der Waals surface area (Å²) in [6.07, 6.45) is 0. The van der Waals surface area contributed by atoms with Crippen LogP contribution in [0.5, 0.6) is 0 Å². The molecule has 2 aromatic rings. The molecule has 0 unspecified atom stereocenters. The molecule has 2 rings (SSSR count). The lowest BCUT2D eigenvalue weighted by Gasteiger charge is -2.15. The molecule has 0 fully saturated rings. The highest BCUT2D eigenvalue weighted by molar-refractivity contribution is 5.97. The molecule has 2 amide bonds. The average molecular weight is 291 g/mol. The molecule has 1 aromatic heterocycles. The summed E-state index contributed by atoms with van der Waals surface area (Å²) < 4.78 is 17.6. The molecule has 0 aliphatic heterocycles. The zero-order valence-electron chi connectivity index (χ0n) is 11.6. The zero-order chi connectivity index (χ0) is 15.4. The molecule has 0 saturated carbocycles. The van der Waals surface area contributed by atoms with Crippen molar-refractivity contribution in [2.45, 2.75) is 6.92 Å². The Kier molecular flexibility index (Phi) is 4.32. The van der Waals surface area contributed by atoms with Gasteiger partial charge in [0, 0.05) is 18.8 Å². The number of benzene rings is 1. The first-order valence-corrected chi connectivity index (χ1v) is 6.20. The van der Waals surface area contributed by atoms with Crippen LogP contribution in [-0.2, 0) is 4.79 Å². The van der Waals surface area contributed by atoms with Crippen LogP contribution in [0.2, 0.25) is 0 Å². The fraction of sp³-hybridized carbons (Fsp3) is 0.214. The maximum atomic E-state index is 12.7. The third-order valence-corrected chi connectivity index (χ3v) is 2.69. The van der Waals surface area contributed by atoms with E-state index in [4.69, 9.17) is 4.52 Å². The molecule has 1 N–H and O–H groups in total. The molecule has 7 heteroatoms. The smallest absolute Gasteiger partial charge is 0.292 e. The van der Waals surface area contributed by atoms with Gasteiger partial charge in [0.25, 0.3) is 5.91 Å². The largest absolute Gasteiger partial charge is 0.351 e. The fourth-order valence-corrected chi connectivity index (χ4v) is 1.67. The Morgan fingerprint density at radius 3 is 2.57 bits per heavy atom. The molecule has 0 aliphatic carbocycles. The molecule has 1 heterocycles. The summed E-state index contributed by atoms with van der Waals surface area (Å²) in [7, 11) is 1.48. The first-order valence-electron chi connectivity index (χ1n) is 6.20. The van der Waals surface area contributed by atoms with Gasteiger partial charge in [0.1, 0.15) is 5.82 Å². The number of anilines is 1. The fourth-order valence-electron chi connectivity index (χ4n) is 1.67. The van der Waals surface area contributed by atoms with Crippen LogP contribution in [-0.4, -0.2) is 35.5 Å². The molecule has 6 nitrogen and oxygen atoms in total. The minimum absolute atomic E-state index is 0.0737. The number of aromatic nitrogens is 1. The van der Waals surface area contributed by atoms with Crippen LogP contribution in [0.25, 0.3) is 0 Å². The SMILES string of the molecule is Cc1cc(C(=O)N(C)CC(=O)Nc2ccc(F)cc2)on1. The van der Waals surface area contributed by atoms with E-state index in [2.05, 4.69) is 10.5 Å². The Hall–Kier alpha value is -2.70. The summed E-state index contributed by atoms with van der Waals surface area (Å²) >= 11 is 0. The highest BCUT2D eigenvalue weighted by Gasteiger charge is 2.18. The van der Waals surface area contributed by atoms with Gasteiger partial charge < -0.3 is 14.7 Å². The number of hydrogen-bond donors (Lipinski definition) is 1. The maximum absolute atomic E-state index is 12.7. The van der Waals surface area contributed by atoms with E-state index in [1.54, 1.807) is 6.92 Å². The lowest BCUT2D eigenvalue weighted by molar-refractivity contribution is -0.116. The monoisotopic (exact) mass is 291 g/mol. The van der Waals surface area contributed by atoms with Crippen LogP contribution in [0.1, 0.15) is 16.2 Å². The molecule has 0 saturated heterocycles. The molecule has 0 bridgehead atoms. The minimum Gasteiger partial charge on any atom is -0.351 e. The van der Waals surface area contributed by atoms with Crippen LogP contribution in [0.15, 0.2) is 34.9 Å². The van der Waals surface area contributed by atoms with Gasteiger partial charge in [-0.05, 0) is 31.2 Å². The van der Waals surface area contributed by atoms with Crippen molar-refractivity contribution in [3.63, 3.8) is 0 Å². The standard InChI is InChI=1S/C14H14FN3O3/c1-9-7-12(21-17-9)14(20)18(2)8-13(19)16-11-5-3-10(15)4-6-11/h3-7H,8H2,1-2H3,(H,16,19). The van der Waals surface area contributed by atoms with E-state index < -0.39 is 11.8 Å². The lowest BCUT2D eigenvalue weighted by atomic mass is 10.3. The van der Waals surface area contributed by atoms with Crippen molar-refractivity contribution in [2.75, 3.05) is 18.9 Å². The highest BCUT2D eigenvalue weighted by Crippen LogP contribution is 2.09. The quantitative estimate of drug-likeness (QED) is 0.932. The molecule has 110 valence electrons. The molecule has 0 aliphatic rings. The molecule has 0 atom stereocenters. The molecule has 21 heavy (non-hydrogen) atoms. The van der Waals surface area contributed by atoms with Crippen LogP contribution in [0, 0.1) is 12.7 Å². The van der Waals surface area contributed by atoms with Gasteiger partial charge in [-0.15, -0.1) is 0 Å². The summed E-state index contributed by atoms with van der Waals surface area (Å²) in [6.45, 7) is 1.54. The number of hydrogen-bond acceptors (Lipinski definition) is 4. The predicted octanol–water partition coefficient (Wildman–Crippen LogP) is 1.83. The van der Waals surface area contributed by atoms with Crippen molar-refractivity contribution in [2.24, 2.45) is 0 Å². The number of rotatable bonds is 4. The number of likely N-dealkylation sites (N-methyl/N-ethyl adjacent to an activating group) is 1. The van der Waals surface area contributed by atoms with Crippen LogP contribution in [0.3, 0.4) is 0 Å². The van der Waals surface area contributed by atoms with Crippen LogP contribution in [0.4, 0.5) is 10.1 Å². The number of halogens is 1. The van der Waals surface area contributed by atoms with Gasteiger partial charge >= 0.3 is 0 Å². The molecular formula is C14H14FN3O3. The van der Waals surface area contributed by atoms with Gasteiger partial charge in [-0.2, -0.15) is 0 Å². The van der Waals surface area contributed by atoms with Crippen molar-refractivity contribution in [3.8, 4) is 0 Å². The van der Waals surface area contributed by atoms with E-state index in [0.29, 0.717) is 11.4 Å². The van der Waals surface area contributed by atoms with Gasteiger partial charge in [-0.3, -0.25) is 9.59 Å². The Morgan fingerprint density at radius 1 is 1.33 bits per heavy atom. The Balaban J connectivity index is 1.92. The van der Waals surface area contributed by atoms with E-state index in [-0.39, 0.29) is 18.1 Å². The number of aryl methyl sites for hydroxylation is 1. The number of amides is 2. The third-order valence-electron chi connectivity index (χ3n) is 2.69. The number of carbonyl (C=O) groups excluding carboxylic acids is 2. The second-order valence-electron chi connectivity index (χ2n) is 4.55. The van der Waals surface area contributed by atoms with Crippen molar-refractivity contribution >= 4 is 17.5 Å². The average Bonchev–Trinajstić information content (AvgIpc) is 2.87. The molecule has 0 radical (unpaired) electrons. The van der Waals surface area contributed by atoms with E-state index in [1.165, 1.54) is 42.3 Å². The molecule has 0 spiro atoms. The third kappa shape index (κ3) is 3.88. The second-order valence-corrected chi connectivity index (χ2v) is 4.55. The summed E-state index contributed by atoms with van der Waals surface area (Å²) in [5.74, 6) is -1.15. The van der Waals surface area contributed by atoms with E-state index >= 15 is 0 Å². The zero-order valence-corrected chi connectivity index (χ0v) is 11.6. The lowest BCUT2D eigenvalue weighted by Crippen LogP contribution is -2.34. The van der Waals surface area contributed by atoms with Gasteiger partial charge in [0.2, 0.25) is 11.7 Å². The summed E-state index contributed by atoms with van der Waals surface area (Å²) in [5, 5.41) is 6.18.